The van der Waals surface area contributed by atoms with Gasteiger partial charge >= 0.3 is 0 Å². The summed E-state index contributed by atoms with van der Waals surface area (Å²) in [6.45, 7) is 1.78. The van der Waals surface area contributed by atoms with Crippen molar-refractivity contribution >= 4 is 17.3 Å². The fourth-order valence-corrected chi connectivity index (χ4v) is 1.71. The summed E-state index contributed by atoms with van der Waals surface area (Å²) in [7, 11) is 0. The SMILES string of the molecule is Cc1cc(C#N)cc(Oc2c(N)cccc2Cl)n1. The molecule has 0 unspecified atom stereocenters. The van der Waals surface area contributed by atoms with Crippen molar-refractivity contribution < 1.29 is 4.74 Å². The maximum atomic E-state index is 8.88. The van der Waals surface area contributed by atoms with E-state index >= 15 is 0 Å². The minimum Gasteiger partial charge on any atom is -0.435 e. The Morgan fingerprint density at radius 2 is 2.17 bits per heavy atom. The van der Waals surface area contributed by atoms with Gasteiger partial charge in [-0.05, 0) is 25.1 Å². The first-order chi connectivity index (χ1) is 8.60. The molecule has 1 aromatic carbocycles. The topological polar surface area (TPSA) is 71.9 Å². The molecule has 0 spiro atoms. The molecule has 1 heterocycles. The number of hydrogen-bond donors (Lipinski definition) is 1. The van der Waals surface area contributed by atoms with Gasteiger partial charge in [-0.2, -0.15) is 5.26 Å². The van der Waals surface area contributed by atoms with Gasteiger partial charge in [0.2, 0.25) is 5.88 Å². The normalized spacial score (nSPS) is 9.83. The number of pyridine rings is 1. The van der Waals surface area contributed by atoms with E-state index in [2.05, 4.69) is 4.98 Å². The molecule has 0 radical (unpaired) electrons. The van der Waals surface area contributed by atoms with Crippen LogP contribution in [0.5, 0.6) is 11.6 Å². The highest BCUT2D eigenvalue weighted by Crippen LogP contribution is 2.34. The van der Waals surface area contributed by atoms with Crippen molar-refractivity contribution in [2.45, 2.75) is 6.92 Å². The van der Waals surface area contributed by atoms with E-state index in [-0.39, 0.29) is 0 Å². The van der Waals surface area contributed by atoms with E-state index in [1.165, 1.54) is 6.07 Å². The van der Waals surface area contributed by atoms with E-state index in [1.54, 1.807) is 31.2 Å². The lowest BCUT2D eigenvalue weighted by Gasteiger charge is -2.09. The number of anilines is 1. The fraction of sp³-hybridized carbons (Fsp3) is 0.0769. The summed E-state index contributed by atoms with van der Waals surface area (Å²) in [6.07, 6.45) is 0. The molecule has 1 aromatic heterocycles. The molecule has 0 amide bonds. The Labute approximate surface area is 110 Å². The molecule has 0 aliphatic carbocycles. The van der Waals surface area contributed by atoms with Crippen LogP contribution in [0.2, 0.25) is 5.02 Å². The molecule has 18 heavy (non-hydrogen) atoms. The van der Waals surface area contributed by atoms with Crippen LogP contribution in [0.4, 0.5) is 5.69 Å². The quantitative estimate of drug-likeness (QED) is 0.840. The number of hydrogen-bond acceptors (Lipinski definition) is 4. The number of nitrogen functional groups attached to an aromatic ring is 1. The van der Waals surface area contributed by atoms with Gasteiger partial charge in [-0.1, -0.05) is 17.7 Å². The standard InChI is InChI=1S/C13H10ClN3O/c1-8-5-9(7-15)6-12(17-8)18-13-10(14)3-2-4-11(13)16/h2-6H,16H2,1H3. The zero-order valence-corrected chi connectivity index (χ0v) is 10.4. The highest BCUT2D eigenvalue weighted by Gasteiger charge is 2.09. The Hall–Kier alpha value is -2.25. The van der Waals surface area contributed by atoms with Gasteiger partial charge in [0.15, 0.2) is 5.75 Å². The van der Waals surface area contributed by atoms with E-state index < -0.39 is 0 Å². The summed E-state index contributed by atoms with van der Waals surface area (Å²) in [5.41, 5.74) is 7.36. The summed E-state index contributed by atoms with van der Waals surface area (Å²) in [4.78, 5) is 4.17. The lowest BCUT2D eigenvalue weighted by molar-refractivity contribution is 0.464. The minimum atomic E-state index is 0.298. The van der Waals surface area contributed by atoms with Crippen molar-refractivity contribution in [2.24, 2.45) is 0 Å². The van der Waals surface area contributed by atoms with Crippen LogP contribution in [0.3, 0.4) is 0 Å². The molecule has 0 bridgehead atoms. The molecule has 0 aliphatic rings. The maximum absolute atomic E-state index is 8.88. The summed E-state index contributed by atoms with van der Waals surface area (Å²) < 4.78 is 5.54. The number of nitriles is 1. The molecular weight excluding hydrogens is 250 g/mol. The molecule has 5 heteroatoms. The Bertz CT molecular complexity index is 614. The van der Waals surface area contributed by atoms with Gasteiger partial charge in [-0.25, -0.2) is 4.98 Å². The summed E-state index contributed by atoms with van der Waals surface area (Å²) >= 11 is 6.00. The van der Waals surface area contributed by atoms with Gasteiger partial charge < -0.3 is 10.5 Å². The number of nitrogens with zero attached hydrogens (tertiary/aromatic N) is 2. The van der Waals surface area contributed by atoms with Gasteiger partial charge in [-0.3, -0.25) is 0 Å². The van der Waals surface area contributed by atoms with Gasteiger partial charge in [0.25, 0.3) is 0 Å². The van der Waals surface area contributed by atoms with Gasteiger partial charge in [0.1, 0.15) is 0 Å². The van der Waals surface area contributed by atoms with Gasteiger partial charge in [-0.15, -0.1) is 0 Å². The fourth-order valence-electron chi connectivity index (χ4n) is 1.49. The van der Waals surface area contributed by atoms with E-state index in [9.17, 15) is 0 Å². The molecule has 2 aromatic rings. The summed E-state index contributed by atoms with van der Waals surface area (Å²) in [5, 5.41) is 9.28. The van der Waals surface area contributed by atoms with E-state index in [0.29, 0.717) is 33.6 Å². The first-order valence-corrected chi connectivity index (χ1v) is 5.58. The Balaban J connectivity index is 2.40. The Kier molecular flexibility index (Phi) is 3.35. The summed E-state index contributed by atoms with van der Waals surface area (Å²) in [5.74, 6) is 0.646. The average molecular weight is 260 g/mol. The second-order valence-corrected chi connectivity index (χ2v) is 4.11. The summed E-state index contributed by atoms with van der Waals surface area (Å²) in [6, 6.07) is 10.3. The second-order valence-electron chi connectivity index (χ2n) is 3.71. The Morgan fingerprint density at radius 3 is 2.83 bits per heavy atom. The van der Waals surface area contributed by atoms with Crippen LogP contribution in [0.15, 0.2) is 30.3 Å². The molecule has 2 rings (SSSR count). The van der Waals surface area contributed by atoms with E-state index in [0.717, 1.165) is 0 Å². The molecule has 0 fully saturated rings. The minimum absolute atomic E-state index is 0.298. The third-order valence-electron chi connectivity index (χ3n) is 2.26. The lowest BCUT2D eigenvalue weighted by atomic mass is 10.2. The Morgan fingerprint density at radius 1 is 1.39 bits per heavy atom. The van der Waals surface area contributed by atoms with Crippen LogP contribution in [0, 0.1) is 18.3 Å². The number of halogens is 1. The first-order valence-electron chi connectivity index (χ1n) is 5.21. The number of para-hydroxylation sites is 1. The second kappa shape index (κ2) is 4.94. The molecule has 0 saturated carbocycles. The number of aromatic nitrogens is 1. The predicted octanol–water partition coefficient (Wildman–Crippen LogP) is 3.29. The predicted molar refractivity (Wildman–Crippen MR) is 69.6 cm³/mol. The monoisotopic (exact) mass is 259 g/mol. The van der Waals surface area contributed by atoms with E-state index in [4.69, 9.17) is 27.3 Å². The molecule has 0 aliphatic heterocycles. The van der Waals surface area contributed by atoms with Crippen molar-refractivity contribution in [3.63, 3.8) is 0 Å². The largest absolute Gasteiger partial charge is 0.435 e. The maximum Gasteiger partial charge on any atom is 0.220 e. The molecular formula is C13H10ClN3O. The molecule has 4 nitrogen and oxygen atoms in total. The molecule has 0 atom stereocenters. The van der Waals surface area contributed by atoms with Crippen molar-refractivity contribution in [3.05, 3.63) is 46.6 Å². The van der Waals surface area contributed by atoms with Crippen LogP contribution in [-0.2, 0) is 0 Å². The molecule has 2 N–H and O–H groups in total. The number of nitrogens with two attached hydrogens (primary N) is 1. The first kappa shape index (κ1) is 12.2. The van der Waals surface area contributed by atoms with Crippen LogP contribution in [0.25, 0.3) is 0 Å². The average Bonchev–Trinajstić information content (AvgIpc) is 2.33. The van der Waals surface area contributed by atoms with Crippen molar-refractivity contribution in [1.29, 1.82) is 5.26 Å². The van der Waals surface area contributed by atoms with Crippen molar-refractivity contribution in [2.75, 3.05) is 5.73 Å². The van der Waals surface area contributed by atoms with E-state index in [1.807, 2.05) is 6.07 Å². The molecule has 0 saturated heterocycles. The highest BCUT2D eigenvalue weighted by atomic mass is 35.5. The molecule has 90 valence electrons. The highest BCUT2D eigenvalue weighted by molar-refractivity contribution is 6.32. The smallest absolute Gasteiger partial charge is 0.220 e. The van der Waals surface area contributed by atoms with Crippen molar-refractivity contribution in [3.8, 4) is 17.7 Å². The number of aryl methyl sites for hydroxylation is 1. The van der Waals surface area contributed by atoms with Crippen molar-refractivity contribution in [1.82, 2.24) is 4.98 Å². The third-order valence-corrected chi connectivity index (χ3v) is 2.56. The van der Waals surface area contributed by atoms with Gasteiger partial charge in [0, 0.05) is 11.8 Å². The van der Waals surface area contributed by atoms with Crippen LogP contribution in [0.1, 0.15) is 11.3 Å². The zero-order chi connectivity index (χ0) is 13.1. The third kappa shape index (κ3) is 2.53. The lowest BCUT2D eigenvalue weighted by Crippen LogP contribution is -1.96. The van der Waals surface area contributed by atoms with Gasteiger partial charge in [0.05, 0.1) is 22.3 Å². The number of benzene rings is 1. The van der Waals surface area contributed by atoms with Crippen LogP contribution >= 0.6 is 11.6 Å². The van der Waals surface area contributed by atoms with Crippen LogP contribution in [-0.4, -0.2) is 4.98 Å². The van der Waals surface area contributed by atoms with Crippen LogP contribution < -0.4 is 10.5 Å². The number of ether oxygens (including phenoxy) is 1. The number of rotatable bonds is 2. The zero-order valence-electron chi connectivity index (χ0n) is 9.64.